The third-order valence-electron chi connectivity index (χ3n) is 3.53. The summed E-state index contributed by atoms with van der Waals surface area (Å²) >= 11 is 0. The maximum absolute atomic E-state index is 10.8. The fourth-order valence-electron chi connectivity index (χ4n) is 2.10. The molecular weight excluding hydrogens is 242 g/mol. The molecule has 0 unspecified atom stereocenters. The van der Waals surface area contributed by atoms with Gasteiger partial charge in [0.2, 0.25) is 0 Å². The number of likely N-dealkylation sites (N-methyl/N-ethyl adjacent to an activating group) is 1. The molecule has 106 valence electrons. The summed E-state index contributed by atoms with van der Waals surface area (Å²) in [5, 5.41) is 19.1. The zero-order chi connectivity index (χ0) is 14.5. The molecule has 0 radical (unpaired) electrons. The van der Waals surface area contributed by atoms with Crippen molar-refractivity contribution in [2.45, 2.75) is 38.8 Å². The monoisotopic (exact) mass is 265 g/mol. The Kier molecular flexibility index (Phi) is 5.51. The van der Waals surface area contributed by atoms with Crippen LogP contribution in [0.1, 0.15) is 42.6 Å². The van der Waals surface area contributed by atoms with E-state index in [1.54, 1.807) is 12.1 Å². The lowest BCUT2D eigenvalue weighted by atomic mass is 9.97. The van der Waals surface area contributed by atoms with Crippen LogP contribution in [0.5, 0.6) is 0 Å². The first-order valence-electron chi connectivity index (χ1n) is 6.63. The maximum Gasteiger partial charge on any atom is 0.335 e. The first kappa shape index (κ1) is 15.7. The van der Waals surface area contributed by atoms with Crippen molar-refractivity contribution < 1.29 is 15.0 Å². The van der Waals surface area contributed by atoms with Gasteiger partial charge in [0.1, 0.15) is 0 Å². The van der Waals surface area contributed by atoms with E-state index in [1.165, 1.54) is 0 Å². The lowest BCUT2D eigenvalue weighted by molar-refractivity contribution is 0.00130. The third-order valence-corrected chi connectivity index (χ3v) is 3.53. The highest BCUT2D eigenvalue weighted by Crippen LogP contribution is 2.17. The van der Waals surface area contributed by atoms with E-state index in [2.05, 4.69) is 4.90 Å². The highest BCUT2D eigenvalue weighted by Gasteiger charge is 2.23. The Hall–Kier alpha value is -1.39. The largest absolute Gasteiger partial charge is 0.478 e. The molecule has 0 saturated heterocycles. The van der Waals surface area contributed by atoms with Gasteiger partial charge in [0.15, 0.2) is 0 Å². The molecule has 0 saturated carbocycles. The molecule has 0 aliphatic carbocycles. The second kappa shape index (κ2) is 6.68. The van der Waals surface area contributed by atoms with Gasteiger partial charge in [-0.2, -0.15) is 0 Å². The van der Waals surface area contributed by atoms with E-state index in [4.69, 9.17) is 5.11 Å². The second-order valence-corrected chi connectivity index (χ2v) is 5.11. The lowest BCUT2D eigenvalue weighted by Gasteiger charge is -2.30. The number of rotatable bonds is 7. The number of carbonyl (C=O) groups is 1. The van der Waals surface area contributed by atoms with Crippen LogP contribution in [0.25, 0.3) is 0 Å². The van der Waals surface area contributed by atoms with E-state index in [9.17, 15) is 9.90 Å². The Morgan fingerprint density at radius 2 is 1.74 bits per heavy atom. The molecule has 0 aromatic heterocycles. The van der Waals surface area contributed by atoms with Crippen molar-refractivity contribution in [3.63, 3.8) is 0 Å². The van der Waals surface area contributed by atoms with Crippen LogP contribution in [-0.2, 0) is 6.54 Å². The smallest absolute Gasteiger partial charge is 0.335 e. The molecule has 1 aromatic rings. The minimum absolute atomic E-state index is 0.296. The minimum Gasteiger partial charge on any atom is -0.478 e. The molecule has 0 bridgehead atoms. The highest BCUT2D eigenvalue weighted by atomic mass is 16.4. The summed E-state index contributed by atoms with van der Waals surface area (Å²) in [5.74, 6) is -0.911. The molecular formula is C15H23NO3. The van der Waals surface area contributed by atoms with Crippen molar-refractivity contribution in [3.8, 4) is 0 Å². The SMILES string of the molecule is CCC(O)(CC)CN(C)Cc1ccc(C(=O)O)cc1. The van der Waals surface area contributed by atoms with E-state index >= 15 is 0 Å². The summed E-state index contributed by atoms with van der Waals surface area (Å²) in [6.45, 7) is 5.28. The van der Waals surface area contributed by atoms with Crippen molar-refractivity contribution in [2.75, 3.05) is 13.6 Å². The van der Waals surface area contributed by atoms with Crippen LogP contribution >= 0.6 is 0 Å². The van der Waals surface area contributed by atoms with Crippen LogP contribution in [0.15, 0.2) is 24.3 Å². The average molecular weight is 265 g/mol. The number of hydrogen-bond acceptors (Lipinski definition) is 3. The summed E-state index contributed by atoms with van der Waals surface area (Å²) < 4.78 is 0. The maximum atomic E-state index is 10.8. The molecule has 1 aromatic carbocycles. The predicted octanol–water partition coefficient (Wildman–Crippen LogP) is 2.37. The van der Waals surface area contributed by atoms with Gasteiger partial charge in [-0.05, 0) is 37.6 Å². The summed E-state index contributed by atoms with van der Waals surface area (Å²) in [6, 6.07) is 6.85. The molecule has 2 N–H and O–H groups in total. The lowest BCUT2D eigenvalue weighted by Crippen LogP contribution is -2.40. The summed E-state index contributed by atoms with van der Waals surface area (Å²) in [5.41, 5.74) is 0.697. The molecule has 1 rings (SSSR count). The Labute approximate surface area is 114 Å². The quantitative estimate of drug-likeness (QED) is 0.794. The third kappa shape index (κ3) is 4.65. The molecule has 19 heavy (non-hydrogen) atoms. The van der Waals surface area contributed by atoms with Gasteiger partial charge in [-0.1, -0.05) is 26.0 Å². The molecule has 0 fully saturated rings. The molecule has 0 spiro atoms. The number of aliphatic hydroxyl groups is 1. The van der Waals surface area contributed by atoms with E-state index < -0.39 is 11.6 Å². The van der Waals surface area contributed by atoms with Crippen LogP contribution in [-0.4, -0.2) is 40.3 Å². The predicted molar refractivity (Wildman–Crippen MR) is 75.3 cm³/mol. The van der Waals surface area contributed by atoms with E-state index in [1.807, 2.05) is 33.0 Å². The second-order valence-electron chi connectivity index (χ2n) is 5.11. The molecule has 4 nitrogen and oxygen atoms in total. The Morgan fingerprint density at radius 3 is 2.16 bits per heavy atom. The van der Waals surface area contributed by atoms with Crippen molar-refractivity contribution >= 4 is 5.97 Å². The van der Waals surface area contributed by atoms with Gasteiger partial charge in [-0.3, -0.25) is 4.90 Å². The van der Waals surface area contributed by atoms with Crippen molar-refractivity contribution in [1.82, 2.24) is 4.90 Å². The molecule has 0 amide bonds. The summed E-state index contributed by atoms with van der Waals surface area (Å²) in [6.07, 6.45) is 1.46. The van der Waals surface area contributed by atoms with Crippen LogP contribution < -0.4 is 0 Å². The Bertz CT molecular complexity index is 410. The van der Waals surface area contributed by atoms with Crippen molar-refractivity contribution in [2.24, 2.45) is 0 Å². The summed E-state index contributed by atoms with van der Waals surface area (Å²) in [4.78, 5) is 12.8. The molecule has 0 aliphatic rings. The first-order chi connectivity index (χ1) is 8.90. The molecule has 4 heteroatoms. The Morgan fingerprint density at radius 1 is 1.21 bits per heavy atom. The van der Waals surface area contributed by atoms with Gasteiger partial charge in [0.25, 0.3) is 0 Å². The molecule has 0 heterocycles. The van der Waals surface area contributed by atoms with Crippen LogP contribution in [0.2, 0.25) is 0 Å². The zero-order valence-electron chi connectivity index (χ0n) is 11.9. The summed E-state index contributed by atoms with van der Waals surface area (Å²) in [7, 11) is 1.96. The number of aromatic carboxylic acids is 1. The number of hydrogen-bond donors (Lipinski definition) is 2. The van der Waals surface area contributed by atoms with Gasteiger partial charge in [-0.15, -0.1) is 0 Å². The highest BCUT2D eigenvalue weighted by molar-refractivity contribution is 5.87. The topological polar surface area (TPSA) is 60.8 Å². The van der Waals surface area contributed by atoms with E-state index in [0.29, 0.717) is 18.7 Å². The Balaban J connectivity index is 2.61. The van der Waals surface area contributed by atoms with Crippen molar-refractivity contribution in [1.29, 1.82) is 0 Å². The van der Waals surface area contributed by atoms with Gasteiger partial charge in [-0.25, -0.2) is 4.79 Å². The minimum atomic E-state index is -0.911. The van der Waals surface area contributed by atoms with Gasteiger partial charge in [0, 0.05) is 13.1 Å². The average Bonchev–Trinajstić information content (AvgIpc) is 2.39. The van der Waals surface area contributed by atoms with Gasteiger partial charge in [0.05, 0.1) is 11.2 Å². The molecule has 0 atom stereocenters. The van der Waals surface area contributed by atoms with Gasteiger partial charge < -0.3 is 10.2 Å². The number of carboxylic acids is 1. The fraction of sp³-hybridized carbons (Fsp3) is 0.533. The first-order valence-corrected chi connectivity index (χ1v) is 6.63. The van der Waals surface area contributed by atoms with Crippen molar-refractivity contribution in [3.05, 3.63) is 35.4 Å². The number of nitrogens with zero attached hydrogens (tertiary/aromatic N) is 1. The fourth-order valence-corrected chi connectivity index (χ4v) is 2.10. The number of benzene rings is 1. The van der Waals surface area contributed by atoms with E-state index in [0.717, 1.165) is 18.4 Å². The zero-order valence-corrected chi connectivity index (χ0v) is 11.9. The normalized spacial score (nSPS) is 11.8. The van der Waals surface area contributed by atoms with E-state index in [-0.39, 0.29) is 0 Å². The number of carboxylic acid groups (broad SMARTS) is 1. The molecule has 0 aliphatic heterocycles. The van der Waals surface area contributed by atoms with Crippen LogP contribution in [0, 0.1) is 0 Å². The van der Waals surface area contributed by atoms with Crippen LogP contribution in [0.4, 0.5) is 0 Å². The van der Waals surface area contributed by atoms with Gasteiger partial charge >= 0.3 is 5.97 Å². The standard InChI is InChI=1S/C15H23NO3/c1-4-15(19,5-2)11-16(3)10-12-6-8-13(9-7-12)14(17)18/h6-9,19H,4-5,10-11H2,1-3H3,(H,17,18). The van der Waals surface area contributed by atoms with Crippen LogP contribution in [0.3, 0.4) is 0 Å².